The van der Waals surface area contributed by atoms with Crippen molar-refractivity contribution in [2.75, 3.05) is 24.2 Å². The number of carbonyl (C=O) groups excluding carboxylic acids is 1. The summed E-state index contributed by atoms with van der Waals surface area (Å²) in [4.78, 5) is 29.2. The third-order valence-electron chi connectivity index (χ3n) is 4.60. The molecule has 1 aromatic heterocycles. The van der Waals surface area contributed by atoms with Gasteiger partial charge in [0.2, 0.25) is 10.0 Å². The summed E-state index contributed by atoms with van der Waals surface area (Å²) in [5.41, 5.74) is -0.128. The van der Waals surface area contributed by atoms with Crippen LogP contribution >= 0.6 is 11.8 Å². The molecule has 0 bridgehead atoms. The number of sulfonamides is 1. The van der Waals surface area contributed by atoms with Crippen molar-refractivity contribution < 1.29 is 13.2 Å². The van der Waals surface area contributed by atoms with E-state index in [0.29, 0.717) is 30.5 Å². The van der Waals surface area contributed by atoms with Crippen LogP contribution in [0.25, 0.3) is 0 Å². The molecule has 0 saturated carbocycles. The molecule has 10 heteroatoms. The number of fused-ring (bicyclic) bond motifs is 1. The Balaban J connectivity index is 1.59. The fourth-order valence-electron chi connectivity index (χ4n) is 3.18. The second-order valence-electron chi connectivity index (χ2n) is 6.35. The fraction of sp³-hybridized carbons (Fsp3) is 0.353. The molecular formula is C17H18N4O4S2. The Morgan fingerprint density at radius 3 is 2.74 bits per heavy atom. The summed E-state index contributed by atoms with van der Waals surface area (Å²) in [7, 11) is -3.58. The molecule has 1 saturated heterocycles. The summed E-state index contributed by atoms with van der Waals surface area (Å²) in [5.74, 6) is 0.152. The van der Waals surface area contributed by atoms with E-state index in [4.69, 9.17) is 0 Å². The fourth-order valence-corrected chi connectivity index (χ4v) is 5.66. The zero-order valence-electron chi connectivity index (χ0n) is 14.4. The Bertz CT molecular complexity index is 1060. The van der Waals surface area contributed by atoms with Crippen LogP contribution in [-0.4, -0.2) is 47.0 Å². The molecule has 0 unspecified atom stereocenters. The highest BCUT2D eigenvalue weighted by Gasteiger charge is 2.27. The molecule has 0 atom stereocenters. The van der Waals surface area contributed by atoms with Gasteiger partial charge in [0, 0.05) is 37.3 Å². The van der Waals surface area contributed by atoms with E-state index in [-0.39, 0.29) is 16.0 Å². The first-order valence-electron chi connectivity index (χ1n) is 8.61. The smallest absolute Gasteiger partial charge is 0.267 e. The number of carbonyl (C=O) groups is 1. The van der Waals surface area contributed by atoms with Gasteiger partial charge < -0.3 is 5.32 Å². The van der Waals surface area contributed by atoms with Crippen molar-refractivity contribution in [2.45, 2.75) is 29.4 Å². The third-order valence-corrected chi connectivity index (χ3v) is 7.46. The highest BCUT2D eigenvalue weighted by Crippen LogP contribution is 2.24. The van der Waals surface area contributed by atoms with Gasteiger partial charge in [-0.3, -0.25) is 14.2 Å². The average molecular weight is 406 g/mol. The van der Waals surface area contributed by atoms with Crippen molar-refractivity contribution in [3.63, 3.8) is 0 Å². The van der Waals surface area contributed by atoms with Crippen molar-refractivity contribution in [3.05, 3.63) is 46.4 Å². The minimum absolute atomic E-state index is 0.0611. The van der Waals surface area contributed by atoms with E-state index in [0.717, 1.165) is 18.6 Å². The molecule has 27 heavy (non-hydrogen) atoms. The van der Waals surface area contributed by atoms with Crippen LogP contribution in [0.4, 0.5) is 5.69 Å². The van der Waals surface area contributed by atoms with Crippen LogP contribution in [0, 0.1) is 0 Å². The molecule has 2 aromatic rings. The second-order valence-corrected chi connectivity index (χ2v) is 9.35. The van der Waals surface area contributed by atoms with Crippen molar-refractivity contribution in [1.82, 2.24) is 13.9 Å². The number of hydrogen-bond acceptors (Lipinski definition) is 6. The number of nitrogens with zero attached hydrogens (tertiary/aromatic N) is 3. The normalized spacial score (nSPS) is 17.0. The van der Waals surface area contributed by atoms with Gasteiger partial charge in [0.25, 0.3) is 11.5 Å². The van der Waals surface area contributed by atoms with E-state index in [1.54, 1.807) is 12.1 Å². The molecule has 0 radical (unpaired) electrons. The SMILES string of the molecule is O=C(Nc1cccc(S(=O)(=O)N2CCCC2)c1)c1cnc2n(c1=O)CCS2. The van der Waals surface area contributed by atoms with Crippen LogP contribution in [0.15, 0.2) is 45.3 Å². The lowest BCUT2D eigenvalue weighted by Gasteiger charge is -2.16. The van der Waals surface area contributed by atoms with Gasteiger partial charge in [-0.25, -0.2) is 13.4 Å². The molecule has 1 amide bonds. The number of thioether (sulfide) groups is 1. The van der Waals surface area contributed by atoms with Gasteiger partial charge in [0.1, 0.15) is 5.56 Å². The zero-order chi connectivity index (χ0) is 19.0. The predicted molar refractivity (Wildman–Crippen MR) is 102 cm³/mol. The molecule has 1 aromatic carbocycles. The highest BCUT2D eigenvalue weighted by atomic mass is 32.2. The standard InChI is InChI=1S/C17H18N4O4S2/c22-15(14-11-18-17-21(16(14)23)8-9-26-17)19-12-4-3-5-13(10-12)27(24,25)20-6-1-2-7-20/h3-5,10-11H,1-2,6-9H2,(H,19,22). The topological polar surface area (TPSA) is 101 Å². The molecule has 2 aliphatic rings. The number of benzene rings is 1. The van der Waals surface area contributed by atoms with Crippen molar-refractivity contribution in [2.24, 2.45) is 0 Å². The van der Waals surface area contributed by atoms with E-state index >= 15 is 0 Å². The Kier molecular flexibility index (Phi) is 4.79. The summed E-state index contributed by atoms with van der Waals surface area (Å²) < 4.78 is 28.3. The van der Waals surface area contributed by atoms with Gasteiger partial charge in [0.05, 0.1) is 4.90 Å². The summed E-state index contributed by atoms with van der Waals surface area (Å²) >= 11 is 1.47. The third kappa shape index (κ3) is 3.40. The van der Waals surface area contributed by atoms with Crippen LogP contribution in [0.2, 0.25) is 0 Å². The lowest BCUT2D eigenvalue weighted by Crippen LogP contribution is -2.30. The zero-order valence-corrected chi connectivity index (χ0v) is 16.1. The summed E-state index contributed by atoms with van der Waals surface area (Å²) in [6, 6.07) is 6.09. The van der Waals surface area contributed by atoms with E-state index in [1.165, 1.54) is 39.0 Å². The largest absolute Gasteiger partial charge is 0.322 e. The Morgan fingerprint density at radius 2 is 1.96 bits per heavy atom. The lowest BCUT2D eigenvalue weighted by atomic mass is 10.2. The minimum Gasteiger partial charge on any atom is -0.322 e. The van der Waals surface area contributed by atoms with E-state index in [1.807, 2.05) is 0 Å². The van der Waals surface area contributed by atoms with Crippen LogP contribution in [0.3, 0.4) is 0 Å². The molecule has 4 rings (SSSR count). The van der Waals surface area contributed by atoms with Crippen molar-refractivity contribution >= 4 is 33.4 Å². The molecule has 1 fully saturated rings. The van der Waals surface area contributed by atoms with Crippen LogP contribution in [0.1, 0.15) is 23.2 Å². The number of hydrogen-bond donors (Lipinski definition) is 1. The Hall–Kier alpha value is -2.17. The molecule has 142 valence electrons. The van der Waals surface area contributed by atoms with Crippen molar-refractivity contribution in [3.8, 4) is 0 Å². The quantitative estimate of drug-likeness (QED) is 0.770. The first-order chi connectivity index (χ1) is 13.0. The van der Waals surface area contributed by atoms with Gasteiger partial charge >= 0.3 is 0 Å². The van der Waals surface area contributed by atoms with Gasteiger partial charge in [-0.15, -0.1) is 0 Å². The number of anilines is 1. The van der Waals surface area contributed by atoms with Crippen LogP contribution in [-0.2, 0) is 16.6 Å². The maximum atomic E-state index is 12.7. The van der Waals surface area contributed by atoms with Gasteiger partial charge in [-0.2, -0.15) is 4.31 Å². The second kappa shape index (κ2) is 7.10. The molecule has 8 nitrogen and oxygen atoms in total. The number of amides is 1. The number of rotatable bonds is 4. The maximum absolute atomic E-state index is 12.7. The molecule has 2 aliphatic heterocycles. The lowest BCUT2D eigenvalue weighted by molar-refractivity contribution is 0.102. The van der Waals surface area contributed by atoms with Crippen LogP contribution < -0.4 is 10.9 Å². The van der Waals surface area contributed by atoms with E-state index < -0.39 is 15.9 Å². The van der Waals surface area contributed by atoms with E-state index in [9.17, 15) is 18.0 Å². The Morgan fingerprint density at radius 1 is 1.19 bits per heavy atom. The average Bonchev–Trinajstić information content (AvgIpc) is 3.34. The molecule has 0 spiro atoms. The van der Waals surface area contributed by atoms with Crippen LogP contribution in [0.5, 0.6) is 0 Å². The van der Waals surface area contributed by atoms with Crippen molar-refractivity contribution in [1.29, 1.82) is 0 Å². The highest BCUT2D eigenvalue weighted by molar-refractivity contribution is 7.99. The molecule has 3 heterocycles. The first-order valence-corrected chi connectivity index (χ1v) is 11.0. The van der Waals surface area contributed by atoms with Gasteiger partial charge in [-0.05, 0) is 31.0 Å². The monoisotopic (exact) mass is 406 g/mol. The summed E-state index contributed by atoms with van der Waals surface area (Å²) in [5, 5.41) is 3.22. The molecule has 1 N–H and O–H groups in total. The summed E-state index contributed by atoms with van der Waals surface area (Å²) in [6.45, 7) is 1.54. The first kappa shape index (κ1) is 18.2. The Labute approximate surface area is 160 Å². The maximum Gasteiger partial charge on any atom is 0.267 e. The van der Waals surface area contributed by atoms with Gasteiger partial charge in [0.15, 0.2) is 5.16 Å². The predicted octanol–water partition coefficient (Wildman–Crippen LogP) is 1.39. The molecular weight excluding hydrogens is 388 g/mol. The molecule has 0 aliphatic carbocycles. The van der Waals surface area contributed by atoms with E-state index in [2.05, 4.69) is 10.3 Å². The minimum atomic E-state index is -3.58. The number of aromatic nitrogens is 2. The number of nitrogens with one attached hydrogen (secondary N) is 1. The van der Waals surface area contributed by atoms with Gasteiger partial charge in [-0.1, -0.05) is 17.8 Å². The summed E-state index contributed by atoms with van der Waals surface area (Å²) in [6.07, 6.45) is 2.97.